The van der Waals surface area contributed by atoms with Crippen molar-refractivity contribution in [3.63, 3.8) is 0 Å². The second-order valence-electron chi connectivity index (χ2n) is 10.0. The van der Waals surface area contributed by atoms with Crippen molar-refractivity contribution >= 4 is 21.8 Å². The number of rotatable bonds is 6. The van der Waals surface area contributed by atoms with Crippen LogP contribution in [-0.4, -0.2) is 61.2 Å². The molecule has 2 aromatic carbocycles. The van der Waals surface area contributed by atoms with Crippen molar-refractivity contribution in [1.82, 2.24) is 9.97 Å². The fraction of sp³-hybridized carbons (Fsp3) is 0.333. The van der Waals surface area contributed by atoms with Gasteiger partial charge in [-0.15, -0.1) is 0 Å². The average Bonchev–Trinajstić information content (AvgIpc) is 3.17. The van der Waals surface area contributed by atoms with E-state index in [0.717, 1.165) is 44.6 Å². The van der Waals surface area contributed by atoms with Gasteiger partial charge in [0.25, 0.3) is 0 Å². The molecule has 0 amide bonds. The number of aromatic nitrogens is 2. The van der Waals surface area contributed by atoms with Gasteiger partial charge >= 0.3 is 0 Å². The van der Waals surface area contributed by atoms with Gasteiger partial charge in [0, 0.05) is 45.3 Å². The zero-order valence-corrected chi connectivity index (χ0v) is 18.3. The van der Waals surface area contributed by atoms with Crippen molar-refractivity contribution in [3.05, 3.63) is 59.9 Å². The molecule has 0 atom stereocenters. The molecule has 2 N–H and O–H groups in total. The molecule has 29 heavy (non-hydrogen) atoms. The summed E-state index contributed by atoms with van der Waals surface area (Å²) in [5.41, 5.74) is 4.91. The Balaban J connectivity index is 1.65. The van der Waals surface area contributed by atoms with Gasteiger partial charge in [0.1, 0.15) is 24.6 Å². The second kappa shape index (κ2) is 6.94. The van der Waals surface area contributed by atoms with Gasteiger partial charge in [-0.25, -0.2) is 0 Å². The van der Waals surface area contributed by atoms with Crippen molar-refractivity contribution in [3.8, 4) is 11.5 Å². The molecule has 0 radical (unpaired) electrons. The van der Waals surface area contributed by atoms with Crippen molar-refractivity contribution in [2.24, 2.45) is 0 Å². The van der Waals surface area contributed by atoms with E-state index >= 15 is 0 Å². The smallest absolute Gasteiger partial charge is 0.128 e. The van der Waals surface area contributed by atoms with Crippen LogP contribution in [0.25, 0.3) is 21.8 Å². The third-order valence-electron chi connectivity index (χ3n) is 5.00. The summed E-state index contributed by atoms with van der Waals surface area (Å²) in [4.78, 5) is 6.76. The van der Waals surface area contributed by atoms with Crippen LogP contribution in [0.1, 0.15) is 11.1 Å². The van der Waals surface area contributed by atoms with E-state index in [9.17, 15) is 0 Å². The molecule has 4 rings (SSSR count). The zero-order valence-electron chi connectivity index (χ0n) is 18.3. The van der Waals surface area contributed by atoms with E-state index in [1.165, 1.54) is 21.9 Å². The highest BCUT2D eigenvalue weighted by Gasteiger charge is 2.15. The molecule has 2 aromatic heterocycles. The molecule has 0 bridgehead atoms. The van der Waals surface area contributed by atoms with Crippen LogP contribution < -0.4 is 4.74 Å². The third kappa shape index (κ3) is 4.47. The van der Waals surface area contributed by atoms with Gasteiger partial charge in [0.05, 0.1) is 42.3 Å². The molecule has 0 unspecified atom stereocenters. The Bertz CT molecular complexity index is 1060. The monoisotopic (exact) mass is 392 g/mol. The van der Waals surface area contributed by atoms with Crippen LogP contribution in [-0.2, 0) is 13.1 Å². The quantitative estimate of drug-likeness (QED) is 0.452. The van der Waals surface area contributed by atoms with Crippen molar-refractivity contribution in [2.45, 2.75) is 13.1 Å². The molecule has 0 aliphatic rings. The molecule has 0 aliphatic heterocycles. The van der Waals surface area contributed by atoms with E-state index in [-0.39, 0.29) is 0 Å². The Morgan fingerprint density at radius 3 is 1.45 bits per heavy atom. The molecular weight excluding hydrogens is 360 g/mol. The minimum Gasteiger partial charge on any atom is -0.457 e. The Labute approximate surface area is 172 Å². The molecule has 0 aliphatic carbocycles. The first-order valence-corrected chi connectivity index (χ1v) is 10.1. The van der Waals surface area contributed by atoms with Gasteiger partial charge in [-0.3, -0.25) is 0 Å². The minimum absolute atomic E-state index is 0.864. The number of nitrogens with zero attached hydrogens (tertiary/aromatic N) is 2. The number of quaternary nitrogens is 2. The number of ether oxygens (including phenoxy) is 1. The number of hydrogen-bond acceptors (Lipinski definition) is 1. The highest BCUT2D eigenvalue weighted by molar-refractivity contribution is 5.86. The number of fused-ring (bicyclic) bond motifs is 2. The fourth-order valence-electron chi connectivity index (χ4n) is 3.86. The summed E-state index contributed by atoms with van der Waals surface area (Å²) in [5.74, 6) is 1.73. The molecule has 4 aromatic rings. The van der Waals surface area contributed by atoms with Crippen LogP contribution >= 0.6 is 0 Å². The van der Waals surface area contributed by atoms with Crippen LogP contribution in [0, 0.1) is 0 Å². The van der Waals surface area contributed by atoms with Gasteiger partial charge < -0.3 is 23.7 Å². The first kappa shape index (κ1) is 19.6. The van der Waals surface area contributed by atoms with Gasteiger partial charge in [-0.1, -0.05) is 0 Å². The largest absolute Gasteiger partial charge is 0.457 e. The predicted octanol–water partition coefficient (Wildman–Crippen LogP) is 4.85. The van der Waals surface area contributed by atoms with Crippen LogP contribution in [0.15, 0.2) is 48.8 Å². The normalized spacial score (nSPS) is 12.8. The molecule has 0 saturated heterocycles. The van der Waals surface area contributed by atoms with E-state index in [4.69, 9.17) is 4.74 Å². The summed E-state index contributed by atoms with van der Waals surface area (Å²) in [7, 11) is 13.2. The highest BCUT2D eigenvalue weighted by Crippen LogP contribution is 2.31. The van der Waals surface area contributed by atoms with Gasteiger partial charge in [-0.2, -0.15) is 0 Å². The van der Waals surface area contributed by atoms with Gasteiger partial charge in [-0.05, 0) is 36.4 Å². The third-order valence-corrected chi connectivity index (χ3v) is 5.00. The molecule has 5 heteroatoms. The lowest BCUT2D eigenvalue weighted by Crippen LogP contribution is -2.33. The summed E-state index contributed by atoms with van der Waals surface area (Å²) < 4.78 is 8.04. The molecule has 0 fully saturated rings. The molecule has 152 valence electrons. The standard InChI is InChI=1S/C24H32N4O/c1-27(2,3)15-17-13-25-23-9-7-19(11-21(17)23)29-20-8-10-24-22(12-20)18(14-26-24)16-28(4,5)6/h7-14,25-26H,15-16H2,1-6H3/q+2. The Kier molecular flexibility index (Phi) is 4.68. The highest BCUT2D eigenvalue weighted by atomic mass is 16.5. The molecular formula is C24H32N4O+2. The number of benzene rings is 2. The van der Waals surface area contributed by atoms with Crippen LogP contribution in [0.3, 0.4) is 0 Å². The second-order valence-corrected chi connectivity index (χ2v) is 10.0. The topological polar surface area (TPSA) is 40.8 Å². The fourth-order valence-corrected chi connectivity index (χ4v) is 3.86. The zero-order chi connectivity index (χ0) is 20.8. The summed E-state index contributed by atoms with van der Waals surface area (Å²) in [5, 5.41) is 2.45. The molecule has 2 heterocycles. The van der Waals surface area contributed by atoms with Crippen LogP contribution in [0.5, 0.6) is 11.5 Å². The van der Waals surface area contributed by atoms with E-state index in [1.54, 1.807) is 0 Å². The lowest BCUT2D eigenvalue weighted by molar-refractivity contribution is -0.883. The SMILES string of the molecule is C[N+](C)(C)Cc1c[nH]c2ccc(Oc3ccc4[nH]cc(C[N+](C)(C)C)c4c3)cc12. The first-order valence-electron chi connectivity index (χ1n) is 10.1. The lowest BCUT2D eigenvalue weighted by Gasteiger charge is -2.23. The number of H-pyrrole nitrogens is 2. The van der Waals surface area contributed by atoms with Gasteiger partial charge in [0.15, 0.2) is 0 Å². The summed E-state index contributed by atoms with van der Waals surface area (Å²) in [6, 6.07) is 12.5. The summed E-state index contributed by atoms with van der Waals surface area (Å²) in [6.45, 7) is 1.93. The Hall–Kier alpha value is -2.76. The summed E-state index contributed by atoms with van der Waals surface area (Å²) in [6.07, 6.45) is 4.22. The molecule has 0 spiro atoms. The maximum absolute atomic E-state index is 6.27. The van der Waals surface area contributed by atoms with Crippen molar-refractivity contribution in [1.29, 1.82) is 0 Å². The number of hydrogen-bond donors (Lipinski definition) is 2. The number of aromatic amines is 2. The van der Waals surface area contributed by atoms with E-state index in [1.807, 2.05) is 12.1 Å². The van der Waals surface area contributed by atoms with E-state index < -0.39 is 0 Å². The maximum atomic E-state index is 6.27. The van der Waals surface area contributed by atoms with E-state index in [2.05, 4.69) is 88.9 Å². The predicted molar refractivity (Wildman–Crippen MR) is 120 cm³/mol. The Morgan fingerprint density at radius 1 is 0.655 bits per heavy atom. The average molecular weight is 393 g/mol. The van der Waals surface area contributed by atoms with Gasteiger partial charge in [0.2, 0.25) is 0 Å². The van der Waals surface area contributed by atoms with Crippen molar-refractivity contribution < 1.29 is 13.7 Å². The first-order chi connectivity index (χ1) is 13.6. The van der Waals surface area contributed by atoms with Crippen molar-refractivity contribution in [2.75, 3.05) is 42.3 Å². The molecule has 0 saturated carbocycles. The van der Waals surface area contributed by atoms with Crippen LogP contribution in [0.2, 0.25) is 0 Å². The molecule has 5 nitrogen and oxygen atoms in total. The maximum Gasteiger partial charge on any atom is 0.128 e. The lowest BCUT2D eigenvalue weighted by atomic mass is 10.1. The van der Waals surface area contributed by atoms with E-state index in [0.29, 0.717) is 0 Å². The Morgan fingerprint density at radius 2 is 1.07 bits per heavy atom. The minimum atomic E-state index is 0.864. The number of nitrogens with one attached hydrogen (secondary N) is 2. The van der Waals surface area contributed by atoms with Crippen LogP contribution in [0.4, 0.5) is 0 Å². The summed E-state index contributed by atoms with van der Waals surface area (Å²) >= 11 is 0.